The number of carbonyl (C=O) groups excluding carboxylic acids is 4. The Kier molecular flexibility index (Phi) is 6.65. The molecule has 1 aromatic carbocycles. The van der Waals surface area contributed by atoms with E-state index in [1.54, 1.807) is 12.1 Å². The highest BCUT2D eigenvalue weighted by Crippen LogP contribution is 2.19. The fourth-order valence-corrected chi connectivity index (χ4v) is 3.05. The Bertz CT molecular complexity index is 775. The van der Waals surface area contributed by atoms with Gasteiger partial charge in [0.1, 0.15) is 6.04 Å². The predicted molar refractivity (Wildman–Crippen MR) is 103 cm³/mol. The van der Waals surface area contributed by atoms with Crippen LogP contribution in [0.3, 0.4) is 0 Å². The van der Waals surface area contributed by atoms with Crippen molar-refractivity contribution in [3.63, 3.8) is 0 Å². The van der Waals surface area contributed by atoms with Gasteiger partial charge in [-0.05, 0) is 37.6 Å². The summed E-state index contributed by atoms with van der Waals surface area (Å²) in [6.07, 6.45) is -0.980. The summed E-state index contributed by atoms with van der Waals surface area (Å²) >= 11 is 0. The molecule has 2 saturated heterocycles. The molecule has 156 valence electrons. The third-order valence-corrected chi connectivity index (χ3v) is 4.68. The number of amides is 4. The lowest BCUT2D eigenvalue weighted by atomic mass is 10.1. The molecule has 10 nitrogen and oxygen atoms in total. The molecule has 0 bridgehead atoms. The lowest BCUT2D eigenvalue weighted by Crippen LogP contribution is -2.36. The molecule has 2 aliphatic rings. The number of rotatable bonds is 7. The third-order valence-electron chi connectivity index (χ3n) is 4.68. The number of hydrogen-bond acceptors (Lipinski definition) is 7. The van der Waals surface area contributed by atoms with Crippen molar-refractivity contribution < 1.29 is 28.7 Å². The number of anilines is 2. The summed E-state index contributed by atoms with van der Waals surface area (Å²) in [6, 6.07) is 6.07. The highest BCUT2D eigenvalue weighted by atomic mass is 16.5. The van der Waals surface area contributed by atoms with Crippen molar-refractivity contribution in [3.05, 3.63) is 24.3 Å². The van der Waals surface area contributed by atoms with Crippen molar-refractivity contribution in [2.75, 3.05) is 36.5 Å². The molecule has 4 amide bonds. The molecule has 3 N–H and O–H groups in total. The number of esters is 1. The molecule has 2 atom stereocenters. The number of ether oxygens (including phenoxy) is 2. The minimum Gasteiger partial charge on any atom is -0.453 e. The van der Waals surface area contributed by atoms with E-state index in [0.29, 0.717) is 18.9 Å². The van der Waals surface area contributed by atoms with Crippen LogP contribution >= 0.6 is 0 Å². The highest BCUT2D eigenvalue weighted by molar-refractivity contribution is 6.04. The Balaban J connectivity index is 1.43. The first-order chi connectivity index (χ1) is 13.9. The molecular weight excluding hydrogens is 380 g/mol. The Morgan fingerprint density at radius 2 is 1.93 bits per heavy atom. The smallest absolute Gasteiger partial charge is 0.322 e. The van der Waals surface area contributed by atoms with E-state index in [2.05, 4.69) is 20.9 Å². The molecule has 0 aromatic heterocycles. The van der Waals surface area contributed by atoms with E-state index in [1.165, 1.54) is 6.92 Å². The number of hydrogen-bond donors (Lipinski definition) is 3. The van der Waals surface area contributed by atoms with Crippen molar-refractivity contribution in [2.24, 2.45) is 0 Å². The van der Waals surface area contributed by atoms with Crippen molar-refractivity contribution in [1.29, 1.82) is 0 Å². The molecule has 0 radical (unpaired) electrons. The second-order valence-corrected chi connectivity index (χ2v) is 6.82. The van der Waals surface area contributed by atoms with E-state index in [9.17, 15) is 19.2 Å². The van der Waals surface area contributed by atoms with Crippen LogP contribution in [-0.2, 0) is 23.9 Å². The van der Waals surface area contributed by atoms with Crippen molar-refractivity contribution >= 4 is 35.2 Å². The van der Waals surface area contributed by atoms with Gasteiger partial charge >= 0.3 is 12.0 Å². The topological polar surface area (TPSA) is 126 Å². The number of nitrogens with one attached hydrogen (secondary N) is 3. The van der Waals surface area contributed by atoms with Gasteiger partial charge in [0.15, 0.2) is 6.10 Å². The summed E-state index contributed by atoms with van der Waals surface area (Å²) in [6.45, 7) is 4.51. The van der Waals surface area contributed by atoms with Gasteiger partial charge in [0.05, 0.1) is 13.2 Å². The molecule has 3 rings (SSSR count). The Morgan fingerprint density at radius 1 is 1.24 bits per heavy atom. The largest absolute Gasteiger partial charge is 0.453 e. The summed E-state index contributed by atoms with van der Waals surface area (Å²) < 4.78 is 10.4. The number of carbonyl (C=O) groups is 4. The van der Waals surface area contributed by atoms with Gasteiger partial charge < -0.3 is 25.0 Å². The number of nitrogens with zero attached hydrogens (tertiary/aromatic N) is 1. The van der Waals surface area contributed by atoms with Crippen LogP contribution in [0.25, 0.3) is 0 Å². The monoisotopic (exact) mass is 404 g/mol. The zero-order valence-electron chi connectivity index (χ0n) is 16.1. The summed E-state index contributed by atoms with van der Waals surface area (Å²) in [5.74, 6) is -1.55. The van der Waals surface area contributed by atoms with E-state index < -0.39 is 36.0 Å². The summed E-state index contributed by atoms with van der Waals surface area (Å²) in [7, 11) is 0. The van der Waals surface area contributed by atoms with Gasteiger partial charge in [0.25, 0.3) is 11.8 Å². The van der Waals surface area contributed by atoms with Crippen LogP contribution in [0.1, 0.15) is 19.8 Å². The average molecular weight is 404 g/mol. The van der Waals surface area contributed by atoms with Gasteiger partial charge in [-0.15, -0.1) is 0 Å². The average Bonchev–Trinajstić information content (AvgIpc) is 3.04. The Labute approximate surface area is 167 Å². The lowest BCUT2D eigenvalue weighted by Gasteiger charge is -2.28. The van der Waals surface area contributed by atoms with Crippen LogP contribution in [-0.4, -0.2) is 62.3 Å². The molecular formula is C19H24N4O6. The normalized spacial score (nSPS) is 19.9. The highest BCUT2D eigenvalue weighted by Gasteiger charge is 2.30. The maximum absolute atomic E-state index is 12.3. The first-order valence-electron chi connectivity index (χ1n) is 9.47. The fraction of sp³-hybridized carbons (Fsp3) is 0.474. The molecule has 0 spiro atoms. The summed E-state index contributed by atoms with van der Waals surface area (Å²) in [5.41, 5.74) is 1.65. The van der Waals surface area contributed by atoms with Gasteiger partial charge in [0, 0.05) is 30.9 Å². The second kappa shape index (κ2) is 9.37. The minimum atomic E-state index is -0.992. The van der Waals surface area contributed by atoms with E-state index in [0.717, 1.165) is 18.8 Å². The van der Waals surface area contributed by atoms with Crippen LogP contribution in [0, 0.1) is 0 Å². The van der Waals surface area contributed by atoms with E-state index in [4.69, 9.17) is 9.47 Å². The van der Waals surface area contributed by atoms with Crippen molar-refractivity contribution in [3.8, 4) is 0 Å². The van der Waals surface area contributed by atoms with Gasteiger partial charge in [-0.1, -0.05) is 0 Å². The SMILES string of the molecule is C[C@@H](OC(=O)CC[C@@H]1NC(=O)NC1=O)C(=O)Nc1ccc(N2CCOCC2)cc1. The van der Waals surface area contributed by atoms with Gasteiger partial charge in [-0.3, -0.25) is 19.7 Å². The number of urea groups is 1. The van der Waals surface area contributed by atoms with Crippen molar-refractivity contribution in [2.45, 2.75) is 31.9 Å². The van der Waals surface area contributed by atoms with Gasteiger partial charge in [0.2, 0.25) is 0 Å². The zero-order chi connectivity index (χ0) is 20.8. The molecule has 0 unspecified atom stereocenters. The van der Waals surface area contributed by atoms with Crippen LogP contribution in [0.4, 0.5) is 16.2 Å². The van der Waals surface area contributed by atoms with E-state index in [1.807, 2.05) is 12.1 Å². The standard InChI is InChI=1S/C19H24N4O6/c1-12(29-16(24)7-6-15-18(26)22-19(27)21-15)17(25)20-13-2-4-14(5-3-13)23-8-10-28-11-9-23/h2-5,12,15H,6-11H2,1H3,(H,20,25)(H2,21,22,26,27)/t12-,15+/m1/s1. The molecule has 1 aromatic rings. The van der Waals surface area contributed by atoms with Gasteiger partial charge in [-0.25, -0.2) is 4.79 Å². The fourth-order valence-electron chi connectivity index (χ4n) is 3.05. The van der Waals surface area contributed by atoms with E-state index >= 15 is 0 Å². The molecule has 2 heterocycles. The zero-order valence-corrected chi connectivity index (χ0v) is 16.1. The maximum Gasteiger partial charge on any atom is 0.322 e. The summed E-state index contributed by atoms with van der Waals surface area (Å²) in [5, 5.41) is 7.19. The Hall–Kier alpha value is -3.14. The first kappa shape index (κ1) is 20.6. The van der Waals surface area contributed by atoms with Crippen molar-refractivity contribution in [1.82, 2.24) is 10.6 Å². The quantitative estimate of drug-likeness (QED) is 0.443. The molecule has 10 heteroatoms. The Morgan fingerprint density at radius 3 is 2.55 bits per heavy atom. The van der Waals surface area contributed by atoms with E-state index in [-0.39, 0.29) is 12.8 Å². The molecule has 0 saturated carbocycles. The lowest BCUT2D eigenvalue weighted by molar-refractivity contribution is -0.153. The van der Waals surface area contributed by atoms with Crippen LogP contribution in [0.15, 0.2) is 24.3 Å². The molecule has 29 heavy (non-hydrogen) atoms. The molecule has 2 aliphatic heterocycles. The van der Waals surface area contributed by atoms with Crippen LogP contribution in [0.5, 0.6) is 0 Å². The summed E-state index contributed by atoms with van der Waals surface area (Å²) in [4.78, 5) is 48.8. The maximum atomic E-state index is 12.3. The predicted octanol–water partition coefficient (Wildman–Crippen LogP) is 0.382. The third kappa shape index (κ3) is 5.67. The molecule has 0 aliphatic carbocycles. The second-order valence-electron chi connectivity index (χ2n) is 6.82. The minimum absolute atomic E-state index is 0.0930. The van der Waals surface area contributed by atoms with Gasteiger partial charge in [-0.2, -0.15) is 0 Å². The van der Waals surface area contributed by atoms with Crippen LogP contribution in [0.2, 0.25) is 0 Å². The number of benzene rings is 1. The number of imide groups is 1. The first-order valence-corrected chi connectivity index (χ1v) is 9.47. The number of morpholine rings is 1. The van der Waals surface area contributed by atoms with Crippen LogP contribution < -0.4 is 20.9 Å². The molecule has 2 fully saturated rings.